The van der Waals surface area contributed by atoms with Gasteiger partial charge in [-0.3, -0.25) is 4.79 Å². The molecule has 2 heterocycles. The molecule has 0 unspecified atom stereocenters. The van der Waals surface area contributed by atoms with E-state index in [2.05, 4.69) is 10.3 Å². The zero-order chi connectivity index (χ0) is 14.8. The molecule has 0 saturated carbocycles. The molecule has 0 saturated heterocycles. The normalized spacial score (nSPS) is 13.1. The Balaban J connectivity index is 1.85. The number of fused-ring (bicyclic) bond motifs is 1. The van der Waals surface area contributed by atoms with Crippen molar-refractivity contribution in [1.29, 1.82) is 0 Å². The molecule has 0 aliphatic carbocycles. The van der Waals surface area contributed by atoms with E-state index in [9.17, 15) is 9.18 Å². The average Bonchev–Trinajstić information content (AvgIpc) is 2.90. The van der Waals surface area contributed by atoms with Crippen molar-refractivity contribution in [1.82, 2.24) is 4.98 Å². The zero-order valence-electron chi connectivity index (χ0n) is 11.8. The van der Waals surface area contributed by atoms with E-state index in [-0.39, 0.29) is 11.7 Å². The molecule has 3 rings (SSSR count). The van der Waals surface area contributed by atoms with Crippen molar-refractivity contribution < 1.29 is 9.18 Å². The summed E-state index contributed by atoms with van der Waals surface area (Å²) in [5.41, 5.74) is 2.17. The summed E-state index contributed by atoms with van der Waals surface area (Å²) in [6, 6.07) is 8.11. The zero-order valence-corrected chi connectivity index (χ0v) is 11.8. The van der Waals surface area contributed by atoms with Gasteiger partial charge in [-0.15, -0.1) is 0 Å². The Morgan fingerprint density at radius 1 is 1.38 bits per heavy atom. The molecule has 1 aromatic carbocycles. The van der Waals surface area contributed by atoms with Crippen molar-refractivity contribution in [2.24, 2.45) is 0 Å². The van der Waals surface area contributed by atoms with E-state index < -0.39 is 0 Å². The quantitative estimate of drug-likeness (QED) is 0.943. The van der Waals surface area contributed by atoms with Crippen LogP contribution in [0.1, 0.15) is 22.8 Å². The molecule has 0 atom stereocenters. The van der Waals surface area contributed by atoms with Crippen LogP contribution in [-0.2, 0) is 6.42 Å². The molecule has 1 amide bonds. The molecule has 21 heavy (non-hydrogen) atoms. The number of anilines is 2. The summed E-state index contributed by atoms with van der Waals surface area (Å²) in [6.45, 7) is 3.34. The van der Waals surface area contributed by atoms with Crippen LogP contribution in [-0.4, -0.2) is 24.0 Å². The Bertz CT molecular complexity index is 670. The van der Waals surface area contributed by atoms with E-state index in [0.29, 0.717) is 17.8 Å². The second-order valence-electron chi connectivity index (χ2n) is 4.94. The predicted octanol–water partition coefficient (Wildman–Crippen LogP) is 2.86. The van der Waals surface area contributed by atoms with Gasteiger partial charge < -0.3 is 10.2 Å². The van der Waals surface area contributed by atoms with Gasteiger partial charge in [-0.05, 0) is 43.2 Å². The molecule has 4 nitrogen and oxygen atoms in total. The summed E-state index contributed by atoms with van der Waals surface area (Å²) in [6.07, 6.45) is 2.31. The number of benzene rings is 1. The topological polar surface area (TPSA) is 45.2 Å². The number of nitrogens with one attached hydrogen (secondary N) is 1. The summed E-state index contributed by atoms with van der Waals surface area (Å²) < 4.78 is 13.4. The van der Waals surface area contributed by atoms with Crippen LogP contribution in [0.2, 0.25) is 0 Å². The van der Waals surface area contributed by atoms with Crippen LogP contribution in [0.25, 0.3) is 0 Å². The Morgan fingerprint density at radius 3 is 2.95 bits per heavy atom. The van der Waals surface area contributed by atoms with Gasteiger partial charge in [0.25, 0.3) is 5.91 Å². The lowest BCUT2D eigenvalue weighted by atomic mass is 10.1. The van der Waals surface area contributed by atoms with Crippen LogP contribution in [0, 0.1) is 5.82 Å². The minimum atomic E-state index is -0.325. The average molecular weight is 285 g/mol. The Kier molecular flexibility index (Phi) is 3.56. The van der Waals surface area contributed by atoms with Crippen molar-refractivity contribution >= 4 is 17.4 Å². The second-order valence-corrected chi connectivity index (χ2v) is 4.94. The molecule has 0 radical (unpaired) electrons. The minimum absolute atomic E-state index is 0.144. The van der Waals surface area contributed by atoms with Crippen LogP contribution in [0.15, 0.2) is 36.5 Å². The maximum atomic E-state index is 13.4. The highest BCUT2D eigenvalue weighted by Crippen LogP contribution is 2.29. The smallest absolute Gasteiger partial charge is 0.259 e. The third kappa shape index (κ3) is 2.59. The van der Waals surface area contributed by atoms with E-state index >= 15 is 0 Å². The fourth-order valence-corrected chi connectivity index (χ4v) is 2.53. The summed E-state index contributed by atoms with van der Waals surface area (Å²) in [5.74, 6) is 0.269. The second kappa shape index (κ2) is 5.52. The van der Waals surface area contributed by atoms with Crippen molar-refractivity contribution in [2.75, 3.05) is 23.3 Å². The third-order valence-corrected chi connectivity index (χ3v) is 3.56. The highest BCUT2D eigenvalue weighted by Gasteiger charge is 2.26. The summed E-state index contributed by atoms with van der Waals surface area (Å²) in [5, 5.41) is 3.08. The number of hydrogen-bond donors (Lipinski definition) is 1. The molecule has 1 N–H and O–H groups in total. The number of aromatic nitrogens is 1. The monoisotopic (exact) mass is 285 g/mol. The standard InChI is InChI=1S/C16H16FN3O/c1-2-18-15-6-4-12(10-19-15)16(21)20-8-7-11-3-5-13(17)9-14(11)20/h3-6,9-10H,2,7-8H2,1H3,(H,18,19). The van der Waals surface area contributed by atoms with Gasteiger partial charge in [0.1, 0.15) is 11.6 Å². The first-order valence-corrected chi connectivity index (χ1v) is 6.99. The number of rotatable bonds is 3. The van der Waals surface area contributed by atoms with Crippen LogP contribution in [0.5, 0.6) is 0 Å². The van der Waals surface area contributed by atoms with Crippen LogP contribution in [0.3, 0.4) is 0 Å². The van der Waals surface area contributed by atoms with Gasteiger partial charge in [-0.25, -0.2) is 9.37 Å². The molecule has 5 heteroatoms. The van der Waals surface area contributed by atoms with Gasteiger partial charge in [-0.2, -0.15) is 0 Å². The summed E-state index contributed by atoms with van der Waals surface area (Å²) >= 11 is 0. The van der Waals surface area contributed by atoms with Gasteiger partial charge in [0.05, 0.1) is 11.3 Å². The fraction of sp³-hybridized carbons (Fsp3) is 0.250. The van der Waals surface area contributed by atoms with Crippen molar-refractivity contribution in [3.63, 3.8) is 0 Å². The van der Waals surface area contributed by atoms with E-state index in [1.807, 2.05) is 6.92 Å². The first-order chi connectivity index (χ1) is 10.2. The largest absolute Gasteiger partial charge is 0.370 e. The molecule has 108 valence electrons. The Morgan fingerprint density at radius 2 is 2.24 bits per heavy atom. The number of carbonyl (C=O) groups is 1. The minimum Gasteiger partial charge on any atom is -0.370 e. The molecule has 1 aliphatic heterocycles. The predicted molar refractivity (Wildman–Crippen MR) is 80.2 cm³/mol. The lowest BCUT2D eigenvalue weighted by Gasteiger charge is -2.17. The number of amides is 1. The SMILES string of the molecule is CCNc1ccc(C(=O)N2CCc3ccc(F)cc32)cn1. The number of carbonyl (C=O) groups excluding carboxylic acids is 1. The number of nitrogens with zero attached hydrogens (tertiary/aromatic N) is 2. The van der Waals surface area contributed by atoms with Crippen molar-refractivity contribution in [3.05, 3.63) is 53.5 Å². The molecule has 0 spiro atoms. The van der Waals surface area contributed by atoms with Crippen molar-refractivity contribution in [3.8, 4) is 0 Å². The van der Waals surface area contributed by atoms with Gasteiger partial charge in [0, 0.05) is 19.3 Å². The van der Waals surface area contributed by atoms with E-state index in [4.69, 9.17) is 0 Å². The number of hydrogen-bond acceptors (Lipinski definition) is 3. The van der Waals surface area contributed by atoms with E-state index in [0.717, 1.165) is 24.3 Å². The van der Waals surface area contributed by atoms with Gasteiger partial charge in [0.15, 0.2) is 0 Å². The van der Waals surface area contributed by atoms with Gasteiger partial charge >= 0.3 is 0 Å². The molecule has 0 bridgehead atoms. The van der Waals surface area contributed by atoms with Crippen LogP contribution < -0.4 is 10.2 Å². The summed E-state index contributed by atoms with van der Waals surface area (Å²) in [7, 11) is 0. The molecule has 2 aromatic rings. The van der Waals surface area contributed by atoms with Crippen LogP contribution in [0.4, 0.5) is 15.9 Å². The lowest BCUT2D eigenvalue weighted by molar-refractivity contribution is 0.0989. The van der Waals surface area contributed by atoms with Crippen molar-refractivity contribution in [2.45, 2.75) is 13.3 Å². The highest BCUT2D eigenvalue weighted by molar-refractivity contribution is 6.07. The molecular weight excluding hydrogens is 269 g/mol. The fourth-order valence-electron chi connectivity index (χ4n) is 2.53. The maximum absolute atomic E-state index is 13.4. The number of halogens is 1. The highest BCUT2D eigenvalue weighted by atomic mass is 19.1. The first kappa shape index (κ1) is 13.5. The molecule has 1 aliphatic rings. The maximum Gasteiger partial charge on any atom is 0.259 e. The summed E-state index contributed by atoms with van der Waals surface area (Å²) in [4.78, 5) is 18.3. The molecule has 0 fully saturated rings. The number of pyridine rings is 1. The van der Waals surface area contributed by atoms with Gasteiger partial charge in [-0.1, -0.05) is 6.07 Å². The lowest BCUT2D eigenvalue weighted by Crippen LogP contribution is -2.29. The van der Waals surface area contributed by atoms with E-state index in [1.54, 1.807) is 29.3 Å². The Labute approximate surface area is 122 Å². The van der Waals surface area contributed by atoms with Crippen LogP contribution >= 0.6 is 0 Å². The van der Waals surface area contributed by atoms with E-state index in [1.165, 1.54) is 12.1 Å². The molecular formula is C16H16FN3O. The third-order valence-electron chi connectivity index (χ3n) is 3.56. The molecule has 1 aromatic heterocycles. The van der Waals surface area contributed by atoms with Gasteiger partial charge in [0.2, 0.25) is 0 Å². The Hall–Kier alpha value is -2.43. The first-order valence-electron chi connectivity index (χ1n) is 6.99.